The van der Waals surface area contributed by atoms with Gasteiger partial charge in [-0.3, -0.25) is 4.79 Å². The first kappa shape index (κ1) is 17.3. The molecule has 114 valence electrons. The SMILES string of the molecule is CC(=O)Nc1nnc(S(=O)(=O)NC(CCl)CC(C)C)s1. The van der Waals surface area contributed by atoms with Gasteiger partial charge in [0.25, 0.3) is 10.0 Å². The van der Waals surface area contributed by atoms with Gasteiger partial charge in [0.05, 0.1) is 0 Å². The molecule has 10 heteroatoms. The summed E-state index contributed by atoms with van der Waals surface area (Å²) >= 11 is 6.55. The highest BCUT2D eigenvalue weighted by Gasteiger charge is 2.24. The molecular weight excluding hydrogens is 324 g/mol. The summed E-state index contributed by atoms with van der Waals surface area (Å²) in [4.78, 5) is 10.9. The van der Waals surface area contributed by atoms with Crippen molar-refractivity contribution in [2.24, 2.45) is 5.92 Å². The van der Waals surface area contributed by atoms with Crippen molar-refractivity contribution in [2.75, 3.05) is 11.2 Å². The zero-order valence-corrected chi connectivity index (χ0v) is 13.8. The van der Waals surface area contributed by atoms with Crippen LogP contribution in [0.5, 0.6) is 0 Å². The molecule has 0 aliphatic rings. The van der Waals surface area contributed by atoms with Gasteiger partial charge in [-0.2, -0.15) is 0 Å². The number of carbonyl (C=O) groups is 1. The van der Waals surface area contributed by atoms with E-state index in [0.29, 0.717) is 12.3 Å². The highest BCUT2D eigenvalue weighted by Crippen LogP contribution is 2.20. The second-order valence-electron chi connectivity index (χ2n) is 4.66. The van der Waals surface area contributed by atoms with Crippen LogP contribution in [-0.2, 0) is 14.8 Å². The van der Waals surface area contributed by atoms with Crippen LogP contribution < -0.4 is 10.0 Å². The van der Waals surface area contributed by atoms with Crippen molar-refractivity contribution in [3.05, 3.63) is 0 Å². The third-order valence-corrected chi connectivity index (χ3v) is 5.28. The topological polar surface area (TPSA) is 101 Å². The Morgan fingerprint density at radius 1 is 1.40 bits per heavy atom. The summed E-state index contributed by atoms with van der Waals surface area (Å²) in [5.74, 6) is 0.150. The Kier molecular flexibility index (Phi) is 6.31. The number of alkyl halides is 1. The van der Waals surface area contributed by atoms with Crippen molar-refractivity contribution in [3.8, 4) is 0 Å². The molecule has 0 aromatic carbocycles. The van der Waals surface area contributed by atoms with E-state index >= 15 is 0 Å². The number of hydrogen-bond donors (Lipinski definition) is 2. The minimum absolute atomic E-state index is 0.143. The average Bonchev–Trinajstić information content (AvgIpc) is 2.75. The normalized spacial score (nSPS) is 13.4. The van der Waals surface area contributed by atoms with Crippen LogP contribution in [-0.4, -0.2) is 36.4 Å². The van der Waals surface area contributed by atoms with E-state index < -0.39 is 10.0 Å². The maximum absolute atomic E-state index is 12.1. The lowest BCUT2D eigenvalue weighted by Crippen LogP contribution is -2.37. The monoisotopic (exact) mass is 340 g/mol. The lowest BCUT2D eigenvalue weighted by molar-refractivity contribution is -0.114. The number of halogens is 1. The van der Waals surface area contributed by atoms with Crippen LogP contribution in [0.4, 0.5) is 5.13 Å². The van der Waals surface area contributed by atoms with E-state index in [1.165, 1.54) is 6.92 Å². The fourth-order valence-corrected chi connectivity index (χ4v) is 4.01. The third-order valence-electron chi connectivity index (χ3n) is 2.18. The molecule has 0 aliphatic heterocycles. The van der Waals surface area contributed by atoms with Crippen LogP contribution in [0.2, 0.25) is 0 Å². The van der Waals surface area contributed by atoms with Gasteiger partial charge in [0, 0.05) is 18.8 Å². The lowest BCUT2D eigenvalue weighted by atomic mass is 10.1. The molecule has 20 heavy (non-hydrogen) atoms. The first-order valence-corrected chi connectivity index (χ1v) is 8.77. The molecule has 1 heterocycles. The van der Waals surface area contributed by atoms with Gasteiger partial charge in [-0.1, -0.05) is 25.2 Å². The average molecular weight is 341 g/mol. The minimum Gasteiger partial charge on any atom is -0.301 e. The van der Waals surface area contributed by atoms with Crippen LogP contribution in [0.3, 0.4) is 0 Å². The van der Waals surface area contributed by atoms with E-state index in [-0.39, 0.29) is 27.3 Å². The van der Waals surface area contributed by atoms with Gasteiger partial charge < -0.3 is 5.32 Å². The summed E-state index contributed by atoms with van der Waals surface area (Å²) in [5, 5.41) is 9.70. The molecule has 0 bridgehead atoms. The Balaban J connectivity index is 2.82. The minimum atomic E-state index is -3.77. The Bertz CT molecular complexity index is 559. The number of nitrogens with one attached hydrogen (secondary N) is 2. The summed E-state index contributed by atoms with van der Waals surface area (Å²) in [6, 6.07) is -0.366. The largest absolute Gasteiger partial charge is 0.301 e. The number of sulfonamides is 1. The fourth-order valence-electron chi connectivity index (χ4n) is 1.50. The van der Waals surface area contributed by atoms with Crippen molar-refractivity contribution in [1.29, 1.82) is 0 Å². The van der Waals surface area contributed by atoms with Gasteiger partial charge in [-0.05, 0) is 12.3 Å². The molecule has 0 fully saturated rings. The van der Waals surface area contributed by atoms with Crippen molar-refractivity contribution in [2.45, 2.75) is 37.6 Å². The summed E-state index contributed by atoms with van der Waals surface area (Å²) in [5.41, 5.74) is 0. The second kappa shape index (κ2) is 7.30. The number of aromatic nitrogens is 2. The van der Waals surface area contributed by atoms with Gasteiger partial charge in [-0.25, -0.2) is 13.1 Å². The molecule has 0 aliphatic carbocycles. The van der Waals surface area contributed by atoms with E-state index in [4.69, 9.17) is 11.6 Å². The van der Waals surface area contributed by atoms with E-state index in [1.807, 2.05) is 13.8 Å². The molecule has 1 aromatic rings. The maximum atomic E-state index is 12.1. The van der Waals surface area contributed by atoms with Crippen molar-refractivity contribution in [1.82, 2.24) is 14.9 Å². The number of hydrogen-bond acceptors (Lipinski definition) is 6. The van der Waals surface area contributed by atoms with Crippen LogP contribution in [0.15, 0.2) is 4.34 Å². The van der Waals surface area contributed by atoms with Crippen molar-refractivity contribution >= 4 is 44.0 Å². The second-order valence-corrected chi connectivity index (χ2v) is 7.83. The zero-order valence-electron chi connectivity index (χ0n) is 11.4. The Morgan fingerprint density at radius 3 is 2.55 bits per heavy atom. The smallest absolute Gasteiger partial charge is 0.270 e. The van der Waals surface area contributed by atoms with Crippen molar-refractivity contribution in [3.63, 3.8) is 0 Å². The summed E-state index contributed by atoms with van der Waals surface area (Å²) < 4.78 is 26.5. The van der Waals surface area contributed by atoms with Crippen LogP contribution in [0.25, 0.3) is 0 Å². The third kappa shape index (κ3) is 5.31. The number of carbonyl (C=O) groups excluding carboxylic acids is 1. The van der Waals surface area contributed by atoms with Crippen LogP contribution in [0.1, 0.15) is 27.2 Å². The van der Waals surface area contributed by atoms with Gasteiger partial charge in [0.15, 0.2) is 0 Å². The summed E-state index contributed by atoms with van der Waals surface area (Å²) in [6.07, 6.45) is 0.625. The standard InChI is InChI=1S/C10H17ClN4O3S2/c1-6(2)4-8(5-11)15-20(17,18)10-14-13-9(19-10)12-7(3)16/h6,8,15H,4-5H2,1-3H3,(H,12,13,16). The number of anilines is 1. The van der Waals surface area contributed by atoms with Gasteiger partial charge >= 0.3 is 0 Å². The highest BCUT2D eigenvalue weighted by molar-refractivity contribution is 7.91. The predicted molar refractivity (Wildman–Crippen MR) is 78.5 cm³/mol. The molecule has 0 saturated carbocycles. The first-order valence-electron chi connectivity index (χ1n) is 5.94. The van der Waals surface area contributed by atoms with Crippen LogP contribution in [0, 0.1) is 5.92 Å². The van der Waals surface area contributed by atoms with E-state index in [0.717, 1.165) is 11.3 Å². The molecule has 0 radical (unpaired) electrons. The van der Waals surface area contributed by atoms with Gasteiger partial charge in [0.1, 0.15) is 0 Å². The Labute approximate surface area is 127 Å². The molecule has 2 N–H and O–H groups in total. The van der Waals surface area contributed by atoms with Crippen LogP contribution >= 0.6 is 22.9 Å². The van der Waals surface area contributed by atoms with Gasteiger partial charge in [-0.15, -0.1) is 21.8 Å². The quantitative estimate of drug-likeness (QED) is 0.577. The van der Waals surface area contributed by atoms with E-state index in [9.17, 15) is 13.2 Å². The molecule has 0 saturated heterocycles. The summed E-state index contributed by atoms with van der Waals surface area (Å²) in [6.45, 7) is 5.27. The fraction of sp³-hybridized carbons (Fsp3) is 0.700. The summed E-state index contributed by atoms with van der Waals surface area (Å²) in [7, 11) is -3.77. The lowest BCUT2D eigenvalue weighted by Gasteiger charge is -2.16. The molecular formula is C10H17ClN4O3S2. The molecule has 1 atom stereocenters. The molecule has 1 aromatic heterocycles. The zero-order chi connectivity index (χ0) is 15.3. The number of rotatable bonds is 7. The van der Waals surface area contributed by atoms with Gasteiger partial charge in [0.2, 0.25) is 15.4 Å². The number of amides is 1. The Hall–Kier alpha value is -0.770. The molecule has 1 rings (SSSR count). The highest BCUT2D eigenvalue weighted by atomic mass is 35.5. The number of nitrogens with zero attached hydrogens (tertiary/aromatic N) is 2. The Morgan fingerprint density at radius 2 is 2.05 bits per heavy atom. The van der Waals surface area contributed by atoms with E-state index in [2.05, 4.69) is 20.2 Å². The predicted octanol–water partition coefficient (Wildman–Crippen LogP) is 1.43. The molecule has 1 amide bonds. The maximum Gasteiger partial charge on any atom is 0.270 e. The van der Waals surface area contributed by atoms with Crippen molar-refractivity contribution < 1.29 is 13.2 Å². The van der Waals surface area contributed by atoms with E-state index in [1.54, 1.807) is 0 Å². The molecule has 1 unspecified atom stereocenters. The first-order chi connectivity index (χ1) is 9.24. The molecule has 7 nitrogen and oxygen atoms in total. The molecule has 0 spiro atoms.